The Hall–Kier alpha value is -1.06. The van der Waals surface area contributed by atoms with Gasteiger partial charge in [0, 0.05) is 31.4 Å². The number of rotatable bonds is 4. The summed E-state index contributed by atoms with van der Waals surface area (Å²) in [4.78, 5) is 4.85. The Labute approximate surface area is 111 Å². The van der Waals surface area contributed by atoms with Gasteiger partial charge in [-0.1, -0.05) is 18.2 Å². The zero-order chi connectivity index (χ0) is 13.1. The van der Waals surface area contributed by atoms with Crippen LogP contribution < -0.4 is 10.6 Å². The van der Waals surface area contributed by atoms with Crippen molar-refractivity contribution in [2.75, 3.05) is 32.1 Å². The summed E-state index contributed by atoms with van der Waals surface area (Å²) in [5, 5.41) is 0. The van der Waals surface area contributed by atoms with E-state index in [-0.39, 0.29) is 0 Å². The lowest BCUT2D eigenvalue weighted by molar-refractivity contribution is 0.372. The molecule has 2 N–H and O–H groups in total. The fourth-order valence-electron chi connectivity index (χ4n) is 3.04. The molecule has 1 atom stereocenters. The van der Waals surface area contributed by atoms with Crippen LogP contribution in [0.2, 0.25) is 0 Å². The summed E-state index contributed by atoms with van der Waals surface area (Å²) in [5.41, 5.74) is 9.90. The molecule has 1 aliphatic heterocycles. The number of nitrogens with two attached hydrogens (primary N) is 1. The lowest BCUT2D eigenvalue weighted by atomic mass is 10.1. The molecule has 1 heterocycles. The van der Waals surface area contributed by atoms with Gasteiger partial charge in [-0.05, 0) is 45.0 Å². The van der Waals surface area contributed by atoms with Crippen LogP contribution in [0.1, 0.15) is 24.0 Å². The van der Waals surface area contributed by atoms with Crippen molar-refractivity contribution in [1.82, 2.24) is 4.90 Å². The molecule has 1 fully saturated rings. The maximum Gasteiger partial charge on any atom is 0.0444 e. The van der Waals surface area contributed by atoms with Crippen LogP contribution in [0.15, 0.2) is 18.2 Å². The van der Waals surface area contributed by atoms with Gasteiger partial charge in [0.1, 0.15) is 0 Å². The molecule has 0 bridgehead atoms. The molecule has 1 unspecified atom stereocenters. The fraction of sp³-hybridized carbons (Fsp3) is 0.600. The number of likely N-dealkylation sites (N-methyl/N-ethyl adjacent to an activating group) is 1. The lowest BCUT2D eigenvalue weighted by Crippen LogP contribution is -2.38. The van der Waals surface area contributed by atoms with Crippen LogP contribution in [0.3, 0.4) is 0 Å². The van der Waals surface area contributed by atoms with E-state index in [9.17, 15) is 0 Å². The second-order valence-electron chi connectivity index (χ2n) is 5.54. The largest absolute Gasteiger partial charge is 0.367 e. The summed E-state index contributed by atoms with van der Waals surface area (Å²) in [7, 11) is 4.30. The van der Waals surface area contributed by atoms with Crippen LogP contribution in [-0.4, -0.2) is 38.1 Å². The van der Waals surface area contributed by atoms with Crippen molar-refractivity contribution in [2.24, 2.45) is 5.73 Å². The van der Waals surface area contributed by atoms with Crippen LogP contribution in [0, 0.1) is 6.92 Å². The van der Waals surface area contributed by atoms with E-state index >= 15 is 0 Å². The summed E-state index contributed by atoms with van der Waals surface area (Å²) < 4.78 is 0. The van der Waals surface area contributed by atoms with E-state index in [1.54, 1.807) is 0 Å². The topological polar surface area (TPSA) is 32.5 Å². The minimum atomic E-state index is 0.627. The average Bonchev–Trinajstić information content (AvgIpc) is 2.75. The van der Waals surface area contributed by atoms with E-state index in [0.29, 0.717) is 12.6 Å². The Kier molecular flexibility index (Phi) is 4.25. The minimum Gasteiger partial charge on any atom is -0.367 e. The first kappa shape index (κ1) is 13.4. The number of hydrogen-bond donors (Lipinski definition) is 1. The van der Waals surface area contributed by atoms with Crippen molar-refractivity contribution in [3.05, 3.63) is 29.3 Å². The molecule has 1 aromatic carbocycles. The molecule has 3 heteroatoms. The summed E-state index contributed by atoms with van der Waals surface area (Å²) in [6, 6.07) is 7.09. The van der Waals surface area contributed by atoms with E-state index in [1.807, 2.05) is 0 Å². The van der Waals surface area contributed by atoms with E-state index in [4.69, 9.17) is 5.73 Å². The summed E-state index contributed by atoms with van der Waals surface area (Å²) in [5.74, 6) is 0. The van der Waals surface area contributed by atoms with Crippen LogP contribution in [0.5, 0.6) is 0 Å². The molecule has 0 aliphatic carbocycles. The maximum absolute atomic E-state index is 5.90. The van der Waals surface area contributed by atoms with Gasteiger partial charge in [-0.2, -0.15) is 0 Å². The van der Waals surface area contributed by atoms with Gasteiger partial charge in [-0.25, -0.2) is 0 Å². The third kappa shape index (κ3) is 2.68. The predicted octanol–water partition coefficient (Wildman–Crippen LogP) is 1.98. The Morgan fingerprint density at radius 1 is 1.39 bits per heavy atom. The van der Waals surface area contributed by atoms with Crippen molar-refractivity contribution in [3.63, 3.8) is 0 Å². The highest BCUT2D eigenvalue weighted by atomic mass is 15.2. The highest BCUT2D eigenvalue weighted by Crippen LogP contribution is 2.31. The van der Waals surface area contributed by atoms with E-state index in [0.717, 1.165) is 13.1 Å². The van der Waals surface area contributed by atoms with Gasteiger partial charge >= 0.3 is 0 Å². The predicted molar refractivity (Wildman–Crippen MR) is 78.0 cm³/mol. The Morgan fingerprint density at radius 2 is 2.17 bits per heavy atom. The van der Waals surface area contributed by atoms with Crippen LogP contribution in [0.4, 0.5) is 5.69 Å². The number of hydrogen-bond acceptors (Lipinski definition) is 3. The van der Waals surface area contributed by atoms with Gasteiger partial charge < -0.3 is 15.5 Å². The van der Waals surface area contributed by atoms with Crippen molar-refractivity contribution in [1.29, 1.82) is 0 Å². The first-order valence-electron chi connectivity index (χ1n) is 6.83. The monoisotopic (exact) mass is 247 g/mol. The third-order valence-corrected chi connectivity index (χ3v) is 3.78. The second-order valence-corrected chi connectivity index (χ2v) is 5.54. The van der Waals surface area contributed by atoms with E-state index in [1.165, 1.54) is 29.7 Å². The maximum atomic E-state index is 5.90. The first-order chi connectivity index (χ1) is 8.63. The number of aryl methyl sites for hydroxylation is 1. The van der Waals surface area contributed by atoms with Crippen molar-refractivity contribution in [3.8, 4) is 0 Å². The number of para-hydroxylation sites is 1. The fourth-order valence-corrected chi connectivity index (χ4v) is 3.04. The number of anilines is 1. The molecule has 0 aromatic heterocycles. The molecule has 0 spiro atoms. The van der Waals surface area contributed by atoms with Gasteiger partial charge in [0.15, 0.2) is 0 Å². The summed E-state index contributed by atoms with van der Waals surface area (Å²) in [6.07, 6.45) is 2.58. The second kappa shape index (κ2) is 5.72. The highest BCUT2D eigenvalue weighted by molar-refractivity contribution is 5.60. The zero-order valence-corrected chi connectivity index (χ0v) is 11.8. The quantitative estimate of drug-likeness (QED) is 0.883. The minimum absolute atomic E-state index is 0.627. The molecule has 100 valence electrons. The molecule has 0 radical (unpaired) electrons. The average molecular weight is 247 g/mol. The van der Waals surface area contributed by atoms with E-state index < -0.39 is 0 Å². The normalized spacial score (nSPS) is 19.8. The molecule has 2 rings (SSSR count). The van der Waals surface area contributed by atoms with Crippen LogP contribution in [-0.2, 0) is 6.54 Å². The van der Waals surface area contributed by atoms with Gasteiger partial charge in [-0.3, -0.25) is 0 Å². The van der Waals surface area contributed by atoms with Crippen molar-refractivity contribution < 1.29 is 0 Å². The Balaban J connectivity index is 2.29. The molecule has 1 aromatic rings. The van der Waals surface area contributed by atoms with E-state index in [2.05, 4.69) is 49.0 Å². The first-order valence-corrected chi connectivity index (χ1v) is 6.83. The number of nitrogens with zero attached hydrogens (tertiary/aromatic N) is 2. The Morgan fingerprint density at radius 3 is 2.83 bits per heavy atom. The standard InChI is InChI=1S/C15H25N3/c1-12-6-4-7-13(10-16)15(12)18-9-5-8-14(18)11-17(2)3/h4,6-7,14H,5,8-11,16H2,1-3H3. The SMILES string of the molecule is Cc1cccc(CN)c1N1CCCC1CN(C)C. The van der Waals surface area contributed by atoms with Gasteiger partial charge in [0.2, 0.25) is 0 Å². The van der Waals surface area contributed by atoms with Crippen LogP contribution >= 0.6 is 0 Å². The molecule has 0 amide bonds. The molecular formula is C15H25N3. The summed E-state index contributed by atoms with van der Waals surface area (Å²) >= 11 is 0. The molecule has 3 nitrogen and oxygen atoms in total. The lowest BCUT2D eigenvalue weighted by Gasteiger charge is -2.32. The Bertz CT molecular complexity index is 401. The molecule has 1 saturated heterocycles. The zero-order valence-electron chi connectivity index (χ0n) is 11.8. The molecule has 0 saturated carbocycles. The molecule has 18 heavy (non-hydrogen) atoms. The van der Waals surface area contributed by atoms with Crippen molar-refractivity contribution >= 4 is 5.69 Å². The summed E-state index contributed by atoms with van der Waals surface area (Å²) in [6.45, 7) is 5.11. The number of benzene rings is 1. The van der Waals surface area contributed by atoms with Gasteiger partial charge in [-0.15, -0.1) is 0 Å². The molecule has 1 aliphatic rings. The highest BCUT2D eigenvalue weighted by Gasteiger charge is 2.27. The van der Waals surface area contributed by atoms with Crippen LogP contribution in [0.25, 0.3) is 0 Å². The van der Waals surface area contributed by atoms with Gasteiger partial charge in [0.05, 0.1) is 0 Å². The molecular weight excluding hydrogens is 222 g/mol. The van der Waals surface area contributed by atoms with Gasteiger partial charge in [0.25, 0.3) is 0 Å². The van der Waals surface area contributed by atoms with Crippen molar-refractivity contribution in [2.45, 2.75) is 32.4 Å². The smallest absolute Gasteiger partial charge is 0.0444 e. The third-order valence-electron chi connectivity index (χ3n) is 3.78.